The summed E-state index contributed by atoms with van der Waals surface area (Å²) in [6.07, 6.45) is -0.313. The zero-order valence-electron chi connectivity index (χ0n) is 6.97. The Balaban J connectivity index is 2.47. The second-order valence-electron chi connectivity index (χ2n) is 3.27. The molecule has 1 aliphatic rings. The van der Waals surface area contributed by atoms with Gasteiger partial charge in [0, 0.05) is 0 Å². The van der Waals surface area contributed by atoms with Gasteiger partial charge in [-0.1, -0.05) is 24.3 Å². The van der Waals surface area contributed by atoms with Crippen LogP contribution in [0.25, 0.3) is 0 Å². The first-order valence-corrected chi connectivity index (χ1v) is 4.20. The minimum absolute atomic E-state index is 0.300. The van der Waals surface area contributed by atoms with Crippen LogP contribution in [0.2, 0.25) is 0 Å². The zero-order valence-corrected chi connectivity index (χ0v) is 6.97. The molecule has 0 unspecified atom stereocenters. The van der Waals surface area contributed by atoms with E-state index in [2.05, 4.69) is 0 Å². The lowest BCUT2D eigenvalue weighted by Gasteiger charge is -2.03. The van der Waals surface area contributed by atoms with E-state index in [0.717, 1.165) is 11.1 Å². The first-order valence-electron chi connectivity index (χ1n) is 4.20. The van der Waals surface area contributed by atoms with E-state index in [-0.39, 0.29) is 0 Å². The van der Waals surface area contributed by atoms with Gasteiger partial charge in [0.15, 0.2) is 0 Å². The lowest BCUT2D eigenvalue weighted by Crippen LogP contribution is -2.07. The average Bonchev–Trinajstić information content (AvgIpc) is 2.45. The number of rotatable bonds is 1. The van der Waals surface area contributed by atoms with Crippen molar-refractivity contribution in [3.05, 3.63) is 35.4 Å². The summed E-state index contributed by atoms with van der Waals surface area (Å²) in [6, 6.07) is 7.16. The largest absolute Gasteiger partial charge is 0.481 e. The third-order valence-corrected chi connectivity index (χ3v) is 2.49. The van der Waals surface area contributed by atoms with Gasteiger partial charge in [0.2, 0.25) is 0 Å². The number of hydrogen-bond acceptors (Lipinski definition) is 2. The molecule has 0 saturated heterocycles. The summed E-state index contributed by atoms with van der Waals surface area (Å²) in [5.41, 5.74) is 1.51. The van der Waals surface area contributed by atoms with Crippen LogP contribution in [0.15, 0.2) is 24.3 Å². The van der Waals surface area contributed by atoms with Crippen LogP contribution in [0.5, 0.6) is 0 Å². The highest BCUT2D eigenvalue weighted by Gasteiger charge is 2.33. The normalized spacial score (nSPS) is 25.6. The van der Waals surface area contributed by atoms with E-state index in [1.54, 1.807) is 18.2 Å². The molecule has 13 heavy (non-hydrogen) atoms. The number of carboxylic acid groups (broad SMARTS) is 1. The molecule has 1 aliphatic carbocycles. The molecule has 0 aromatic heterocycles. The standard InChI is InChI=1S/C10H10O3/c11-9-5-8(10(12)13)6-3-1-2-4-7(6)9/h1-4,8-9,11H,5H2,(H,12,13)/t8-,9+/m1/s1. The van der Waals surface area contributed by atoms with E-state index in [1.807, 2.05) is 6.07 Å². The molecule has 2 atom stereocenters. The van der Waals surface area contributed by atoms with Crippen molar-refractivity contribution in [1.82, 2.24) is 0 Å². The SMILES string of the molecule is O=C(O)[C@@H]1C[C@H](O)c2ccccc21. The van der Waals surface area contributed by atoms with E-state index < -0.39 is 18.0 Å². The maximum Gasteiger partial charge on any atom is 0.311 e. The minimum Gasteiger partial charge on any atom is -0.481 e. The summed E-state index contributed by atoms with van der Waals surface area (Å²) in [5, 5.41) is 18.4. The van der Waals surface area contributed by atoms with Crippen molar-refractivity contribution in [2.75, 3.05) is 0 Å². The Hall–Kier alpha value is -1.35. The molecule has 0 bridgehead atoms. The van der Waals surface area contributed by atoms with E-state index in [1.165, 1.54) is 0 Å². The number of fused-ring (bicyclic) bond motifs is 1. The van der Waals surface area contributed by atoms with Crippen LogP contribution in [0.3, 0.4) is 0 Å². The van der Waals surface area contributed by atoms with E-state index in [9.17, 15) is 9.90 Å². The van der Waals surface area contributed by atoms with Gasteiger partial charge < -0.3 is 10.2 Å². The van der Waals surface area contributed by atoms with Gasteiger partial charge in [0.05, 0.1) is 12.0 Å². The van der Waals surface area contributed by atoms with Crippen molar-refractivity contribution in [2.45, 2.75) is 18.4 Å². The Labute approximate surface area is 75.6 Å². The molecule has 3 heteroatoms. The number of aliphatic hydroxyl groups is 1. The Morgan fingerprint density at radius 1 is 1.31 bits per heavy atom. The molecular formula is C10H10O3. The van der Waals surface area contributed by atoms with E-state index >= 15 is 0 Å². The van der Waals surface area contributed by atoms with Gasteiger partial charge in [0.1, 0.15) is 0 Å². The predicted octanol–water partition coefficient (Wildman–Crippen LogP) is 1.29. The third kappa shape index (κ3) is 1.21. The van der Waals surface area contributed by atoms with Gasteiger partial charge in [-0.25, -0.2) is 0 Å². The topological polar surface area (TPSA) is 57.5 Å². The zero-order chi connectivity index (χ0) is 9.42. The predicted molar refractivity (Wildman–Crippen MR) is 46.4 cm³/mol. The molecule has 0 heterocycles. The van der Waals surface area contributed by atoms with Crippen molar-refractivity contribution in [3.8, 4) is 0 Å². The Kier molecular flexibility index (Phi) is 1.81. The number of aliphatic hydroxyl groups excluding tert-OH is 1. The monoisotopic (exact) mass is 178 g/mol. The first-order chi connectivity index (χ1) is 6.20. The highest BCUT2D eigenvalue weighted by molar-refractivity contribution is 5.78. The second kappa shape index (κ2) is 2.85. The molecule has 0 saturated carbocycles. The fourth-order valence-corrected chi connectivity index (χ4v) is 1.84. The molecule has 1 aromatic rings. The Morgan fingerprint density at radius 2 is 1.92 bits per heavy atom. The van der Waals surface area contributed by atoms with Crippen LogP contribution in [0, 0.1) is 0 Å². The Morgan fingerprint density at radius 3 is 2.54 bits per heavy atom. The van der Waals surface area contributed by atoms with Crippen LogP contribution in [-0.4, -0.2) is 16.2 Å². The van der Waals surface area contributed by atoms with Crippen molar-refractivity contribution < 1.29 is 15.0 Å². The van der Waals surface area contributed by atoms with Crippen molar-refractivity contribution >= 4 is 5.97 Å². The molecule has 0 aliphatic heterocycles. The quantitative estimate of drug-likeness (QED) is 0.681. The van der Waals surface area contributed by atoms with Crippen LogP contribution in [0.4, 0.5) is 0 Å². The molecule has 0 amide bonds. The molecule has 0 spiro atoms. The molecule has 68 valence electrons. The lowest BCUT2D eigenvalue weighted by atomic mass is 10.0. The maximum atomic E-state index is 10.8. The van der Waals surface area contributed by atoms with Crippen LogP contribution < -0.4 is 0 Å². The molecule has 3 nitrogen and oxygen atoms in total. The summed E-state index contributed by atoms with van der Waals surface area (Å²) in [5.74, 6) is -1.39. The van der Waals surface area contributed by atoms with Crippen molar-refractivity contribution in [1.29, 1.82) is 0 Å². The van der Waals surface area contributed by atoms with Gasteiger partial charge in [-0.3, -0.25) is 4.79 Å². The first kappa shape index (κ1) is 8.26. The van der Waals surface area contributed by atoms with Crippen LogP contribution in [-0.2, 0) is 4.79 Å². The van der Waals surface area contributed by atoms with Gasteiger partial charge in [0.25, 0.3) is 0 Å². The van der Waals surface area contributed by atoms with Crippen LogP contribution in [0.1, 0.15) is 29.6 Å². The smallest absolute Gasteiger partial charge is 0.311 e. The molecule has 1 aromatic carbocycles. The summed E-state index contributed by atoms with van der Waals surface area (Å²) >= 11 is 0. The average molecular weight is 178 g/mol. The second-order valence-corrected chi connectivity index (χ2v) is 3.27. The molecule has 0 fully saturated rings. The summed E-state index contributed by atoms with van der Waals surface area (Å²) < 4.78 is 0. The number of carboxylic acids is 1. The third-order valence-electron chi connectivity index (χ3n) is 2.49. The number of carbonyl (C=O) groups is 1. The lowest BCUT2D eigenvalue weighted by molar-refractivity contribution is -0.139. The number of hydrogen-bond donors (Lipinski definition) is 2. The van der Waals surface area contributed by atoms with Crippen LogP contribution >= 0.6 is 0 Å². The fourth-order valence-electron chi connectivity index (χ4n) is 1.84. The van der Waals surface area contributed by atoms with E-state index in [0.29, 0.717) is 6.42 Å². The van der Waals surface area contributed by atoms with Gasteiger partial charge >= 0.3 is 5.97 Å². The summed E-state index contributed by atoms with van der Waals surface area (Å²) in [7, 11) is 0. The Bertz CT molecular complexity index is 346. The highest BCUT2D eigenvalue weighted by atomic mass is 16.4. The van der Waals surface area contributed by atoms with E-state index in [4.69, 9.17) is 5.11 Å². The molecule has 2 N–H and O–H groups in total. The molecular weight excluding hydrogens is 168 g/mol. The summed E-state index contributed by atoms with van der Waals surface area (Å²) in [6.45, 7) is 0. The maximum absolute atomic E-state index is 10.8. The van der Waals surface area contributed by atoms with Crippen molar-refractivity contribution in [2.24, 2.45) is 0 Å². The molecule has 0 radical (unpaired) electrons. The minimum atomic E-state index is -0.857. The van der Waals surface area contributed by atoms with Crippen molar-refractivity contribution in [3.63, 3.8) is 0 Å². The fraction of sp³-hybridized carbons (Fsp3) is 0.300. The van der Waals surface area contributed by atoms with Gasteiger partial charge in [-0.15, -0.1) is 0 Å². The van der Waals surface area contributed by atoms with Gasteiger partial charge in [-0.2, -0.15) is 0 Å². The van der Waals surface area contributed by atoms with Gasteiger partial charge in [-0.05, 0) is 17.5 Å². The number of aliphatic carboxylic acids is 1. The molecule has 2 rings (SSSR count). The number of benzene rings is 1. The summed E-state index contributed by atoms with van der Waals surface area (Å²) in [4.78, 5) is 10.8. The highest BCUT2D eigenvalue weighted by Crippen LogP contribution is 2.39.